The van der Waals surface area contributed by atoms with Crippen LogP contribution in [0.4, 0.5) is 17.1 Å². The zero-order chi connectivity index (χ0) is 24.5. The number of nitrogens with zero attached hydrogens (tertiary/aromatic N) is 4. The highest BCUT2D eigenvalue weighted by Gasteiger charge is 2.30. The summed E-state index contributed by atoms with van der Waals surface area (Å²) in [4.78, 5) is 33.0. The van der Waals surface area contributed by atoms with E-state index in [2.05, 4.69) is 10.1 Å². The van der Waals surface area contributed by atoms with Crippen LogP contribution in [0.15, 0.2) is 77.9 Å². The van der Waals surface area contributed by atoms with Gasteiger partial charge in [0.25, 0.3) is 5.56 Å². The van der Waals surface area contributed by atoms with Crippen molar-refractivity contribution in [1.29, 1.82) is 0 Å². The second kappa shape index (κ2) is 9.64. The molecule has 1 aliphatic rings. The molecule has 1 saturated carbocycles. The number of carbonyl (C=O) groups excluding carboxylic acids is 1. The van der Waals surface area contributed by atoms with Crippen molar-refractivity contribution in [3.8, 4) is 11.3 Å². The molecule has 0 atom stereocenters. The van der Waals surface area contributed by atoms with E-state index in [9.17, 15) is 9.59 Å². The number of anilines is 3. The van der Waals surface area contributed by atoms with Gasteiger partial charge in [-0.1, -0.05) is 35.3 Å². The number of pyridine rings is 1. The van der Waals surface area contributed by atoms with E-state index in [1.807, 2.05) is 12.1 Å². The first-order valence-electron chi connectivity index (χ1n) is 11.3. The first-order valence-corrected chi connectivity index (χ1v) is 12.1. The molecule has 2 aromatic heterocycles. The molecule has 0 unspecified atom stereocenters. The molecule has 35 heavy (non-hydrogen) atoms. The molecular weight excluding hydrogens is 483 g/mol. The van der Waals surface area contributed by atoms with Crippen LogP contribution in [0.25, 0.3) is 11.3 Å². The standard InChI is InChI=1S/C27H22Cl2N4O2/c1-17(34)24-25(19-10-12-30-13-11-19)31-32(16-18-8-9-18)27(35)26(24)33(22-6-2-4-20(28)14-22)23-7-3-5-21(29)15-23/h2-7,10-15,18H,8-9,16H2,1H3. The average molecular weight is 505 g/mol. The van der Waals surface area contributed by atoms with Crippen LogP contribution in [0.3, 0.4) is 0 Å². The van der Waals surface area contributed by atoms with Gasteiger partial charge in [-0.05, 0) is 74.2 Å². The topological polar surface area (TPSA) is 68.1 Å². The average Bonchev–Trinajstić information content (AvgIpc) is 3.66. The van der Waals surface area contributed by atoms with Crippen molar-refractivity contribution in [3.05, 3.63) is 99.0 Å². The minimum Gasteiger partial charge on any atom is -0.305 e. The number of Topliss-reactive ketones (excluding diaryl/α,β-unsaturated/α-hetero) is 1. The Kier molecular flexibility index (Phi) is 6.41. The van der Waals surface area contributed by atoms with E-state index in [1.54, 1.807) is 65.8 Å². The molecule has 5 rings (SSSR count). The van der Waals surface area contributed by atoms with E-state index in [1.165, 1.54) is 11.6 Å². The number of carbonyl (C=O) groups is 1. The van der Waals surface area contributed by atoms with E-state index < -0.39 is 0 Å². The maximum Gasteiger partial charge on any atom is 0.291 e. The van der Waals surface area contributed by atoms with E-state index >= 15 is 0 Å². The number of aromatic nitrogens is 3. The van der Waals surface area contributed by atoms with Gasteiger partial charge in [0.05, 0.1) is 5.56 Å². The van der Waals surface area contributed by atoms with Crippen LogP contribution in [0.2, 0.25) is 10.0 Å². The molecule has 0 saturated heterocycles. The van der Waals surface area contributed by atoms with Gasteiger partial charge in [-0.2, -0.15) is 5.10 Å². The second-order valence-electron chi connectivity index (χ2n) is 8.59. The summed E-state index contributed by atoms with van der Waals surface area (Å²) in [6.45, 7) is 1.94. The quantitative estimate of drug-likeness (QED) is 0.262. The third-order valence-corrected chi connectivity index (χ3v) is 6.39. The molecule has 0 bridgehead atoms. The number of halogens is 2. The Morgan fingerprint density at radius 3 is 2.11 bits per heavy atom. The van der Waals surface area contributed by atoms with E-state index in [0.29, 0.717) is 45.1 Å². The minimum atomic E-state index is -0.347. The van der Waals surface area contributed by atoms with Crippen molar-refractivity contribution in [3.63, 3.8) is 0 Å². The van der Waals surface area contributed by atoms with Crippen LogP contribution in [0, 0.1) is 5.92 Å². The Labute approximate surface area is 212 Å². The minimum absolute atomic E-state index is 0.212. The van der Waals surface area contributed by atoms with Gasteiger partial charge in [-0.15, -0.1) is 0 Å². The molecule has 2 aromatic carbocycles. The molecule has 0 amide bonds. The summed E-state index contributed by atoms with van der Waals surface area (Å²) < 4.78 is 1.48. The van der Waals surface area contributed by atoms with E-state index in [0.717, 1.165) is 12.8 Å². The number of rotatable bonds is 7. The van der Waals surface area contributed by atoms with Crippen molar-refractivity contribution in [2.45, 2.75) is 26.3 Å². The molecule has 6 nitrogen and oxygen atoms in total. The maximum absolute atomic E-state index is 14.0. The summed E-state index contributed by atoms with van der Waals surface area (Å²) in [5.41, 5.74) is 2.49. The van der Waals surface area contributed by atoms with Crippen LogP contribution >= 0.6 is 23.2 Å². The number of ketones is 1. The molecule has 0 N–H and O–H groups in total. The first-order chi connectivity index (χ1) is 16.9. The first kappa shape index (κ1) is 23.3. The smallest absolute Gasteiger partial charge is 0.291 e. The Morgan fingerprint density at radius 1 is 1.00 bits per heavy atom. The molecule has 1 fully saturated rings. The van der Waals surface area contributed by atoms with Crippen LogP contribution in [-0.2, 0) is 6.54 Å². The second-order valence-corrected chi connectivity index (χ2v) is 9.46. The zero-order valence-corrected chi connectivity index (χ0v) is 20.5. The fourth-order valence-corrected chi connectivity index (χ4v) is 4.49. The Morgan fingerprint density at radius 2 is 1.60 bits per heavy atom. The SMILES string of the molecule is CC(=O)c1c(-c2ccncc2)nn(CC2CC2)c(=O)c1N(c1cccc(Cl)c1)c1cccc(Cl)c1. The van der Waals surface area contributed by atoms with Crippen LogP contribution in [0.5, 0.6) is 0 Å². The lowest BCUT2D eigenvalue weighted by Gasteiger charge is -2.28. The van der Waals surface area contributed by atoms with Crippen LogP contribution < -0.4 is 10.5 Å². The fourth-order valence-electron chi connectivity index (χ4n) is 4.12. The van der Waals surface area contributed by atoms with E-state index in [4.69, 9.17) is 23.2 Å². The van der Waals surface area contributed by atoms with Gasteiger partial charge < -0.3 is 4.90 Å². The van der Waals surface area contributed by atoms with Gasteiger partial charge in [-0.3, -0.25) is 14.6 Å². The maximum atomic E-state index is 14.0. The third kappa shape index (κ3) is 4.85. The lowest BCUT2D eigenvalue weighted by Crippen LogP contribution is -2.32. The molecule has 0 radical (unpaired) electrons. The van der Waals surface area contributed by atoms with E-state index in [-0.39, 0.29) is 22.6 Å². The van der Waals surface area contributed by atoms with Crippen molar-refractivity contribution in [2.24, 2.45) is 5.92 Å². The van der Waals surface area contributed by atoms with Gasteiger partial charge in [0.15, 0.2) is 5.78 Å². The number of benzene rings is 2. The molecule has 0 aliphatic heterocycles. The van der Waals surface area contributed by atoms with Crippen molar-refractivity contribution in [2.75, 3.05) is 4.90 Å². The molecular formula is C27H22Cl2N4O2. The molecule has 1 aliphatic carbocycles. The normalized spacial score (nSPS) is 13.0. The van der Waals surface area contributed by atoms with Gasteiger partial charge in [0, 0.05) is 45.9 Å². The number of hydrogen-bond acceptors (Lipinski definition) is 5. The molecule has 0 spiro atoms. The summed E-state index contributed by atoms with van der Waals surface area (Å²) in [6.07, 6.45) is 5.38. The van der Waals surface area contributed by atoms with Crippen molar-refractivity contribution in [1.82, 2.24) is 14.8 Å². The van der Waals surface area contributed by atoms with Crippen LogP contribution in [0.1, 0.15) is 30.1 Å². The molecule has 8 heteroatoms. The highest BCUT2D eigenvalue weighted by atomic mass is 35.5. The van der Waals surface area contributed by atoms with Crippen molar-refractivity contribution >= 4 is 46.0 Å². The van der Waals surface area contributed by atoms with Crippen LogP contribution in [-0.4, -0.2) is 20.5 Å². The molecule has 176 valence electrons. The summed E-state index contributed by atoms with van der Waals surface area (Å²) >= 11 is 12.7. The van der Waals surface area contributed by atoms with Gasteiger partial charge in [-0.25, -0.2) is 4.68 Å². The predicted molar refractivity (Wildman–Crippen MR) is 139 cm³/mol. The molecule has 2 heterocycles. The fraction of sp³-hybridized carbons (Fsp3) is 0.185. The van der Waals surface area contributed by atoms with Gasteiger partial charge >= 0.3 is 0 Å². The van der Waals surface area contributed by atoms with Gasteiger partial charge in [0.2, 0.25) is 0 Å². The van der Waals surface area contributed by atoms with Crippen molar-refractivity contribution < 1.29 is 4.79 Å². The summed E-state index contributed by atoms with van der Waals surface area (Å²) in [7, 11) is 0. The largest absolute Gasteiger partial charge is 0.305 e. The highest BCUT2D eigenvalue weighted by molar-refractivity contribution is 6.31. The highest BCUT2D eigenvalue weighted by Crippen LogP contribution is 2.39. The Bertz CT molecular complexity index is 1420. The molecule has 4 aromatic rings. The predicted octanol–water partition coefficient (Wildman–Crippen LogP) is 6.69. The summed E-state index contributed by atoms with van der Waals surface area (Å²) in [5, 5.41) is 5.69. The zero-order valence-electron chi connectivity index (χ0n) is 19.0. The Balaban J connectivity index is 1.87. The summed E-state index contributed by atoms with van der Waals surface area (Å²) in [5.74, 6) is 0.122. The monoisotopic (exact) mass is 504 g/mol. The number of hydrogen-bond donors (Lipinski definition) is 0. The lowest BCUT2D eigenvalue weighted by molar-refractivity contribution is 0.101. The van der Waals surface area contributed by atoms with Gasteiger partial charge in [0.1, 0.15) is 11.4 Å². The Hall–Kier alpha value is -3.48. The third-order valence-electron chi connectivity index (χ3n) is 5.92. The lowest BCUT2D eigenvalue weighted by atomic mass is 10.0. The summed E-state index contributed by atoms with van der Waals surface area (Å²) in [6, 6.07) is 17.9.